The highest BCUT2D eigenvalue weighted by atomic mass is 19.1. The summed E-state index contributed by atoms with van der Waals surface area (Å²) in [6.07, 6.45) is 6.87. The lowest BCUT2D eigenvalue weighted by Gasteiger charge is -2.31. The Hall–Kier alpha value is -2.70. The molecule has 6 nitrogen and oxygen atoms in total. The number of nitrogens with zero attached hydrogens (tertiary/aromatic N) is 2. The van der Waals surface area contributed by atoms with E-state index in [1.54, 1.807) is 12.1 Å². The summed E-state index contributed by atoms with van der Waals surface area (Å²) in [7, 11) is 0. The van der Waals surface area contributed by atoms with Crippen molar-refractivity contribution >= 4 is 29.6 Å². The number of hydrogen-bond donors (Lipinski definition) is 1. The van der Waals surface area contributed by atoms with Gasteiger partial charge in [0.2, 0.25) is 0 Å². The van der Waals surface area contributed by atoms with E-state index in [2.05, 4.69) is 5.32 Å². The summed E-state index contributed by atoms with van der Waals surface area (Å²) in [5.41, 5.74) is 0.835. The normalized spacial score (nSPS) is 22.9. The molecule has 2 heterocycles. The lowest BCUT2D eigenvalue weighted by atomic mass is 10.0. The van der Waals surface area contributed by atoms with Crippen LogP contribution in [-0.2, 0) is 9.59 Å². The Morgan fingerprint density at radius 3 is 2.41 bits per heavy atom. The number of carbonyl (C=O) groups excluding carboxylic acids is 3. The van der Waals surface area contributed by atoms with Crippen molar-refractivity contribution in [2.75, 3.05) is 18.0 Å². The maximum atomic E-state index is 14.5. The summed E-state index contributed by atoms with van der Waals surface area (Å²) in [5.74, 6) is -1.71. The number of benzene rings is 1. The Bertz CT molecular complexity index is 824. The van der Waals surface area contributed by atoms with Gasteiger partial charge < -0.3 is 4.90 Å². The minimum atomic E-state index is -0.733. The molecular formula is C20H22FN3O3. The Kier molecular flexibility index (Phi) is 4.68. The van der Waals surface area contributed by atoms with Crippen LogP contribution >= 0.6 is 0 Å². The zero-order valence-electron chi connectivity index (χ0n) is 15.0. The zero-order chi connectivity index (χ0) is 19.0. The summed E-state index contributed by atoms with van der Waals surface area (Å²) >= 11 is 0. The number of imide groups is 2. The summed E-state index contributed by atoms with van der Waals surface area (Å²) in [4.78, 5) is 40.2. The maximum absolute atomic E-state index is 14.5. The molecule has 0 radical (unpaired) electrons. The molecule has 7 heteroatoms. The van der Waals surface area contributed by atoms with Gasteiger partial charge in [-0.05, 0) is 49.5 Å². The third kappa shape index (κ3) is 3.34. The van der Waals surface area contributed by atoms with Crippen LogP contribution in [0, 0.1) is 5.82 Å². The summed E-state index contributed by atoms with van der Waals surface area (Å²) in [6, 6.07) is 3.86. The molecule has 1 aliphatic carbocycles. The van der Waals surface area contributed by atoms with Crippen LogP contribution in [0.5, 0.6) is 0 Å². The van der Waals surface area contributed by atoms with Gasteiger partial charge in [0, 0.05) is 19.1 Å². The molecule has 0 spiro atoms. The topological polar surface area (TPSA) is 69.7 Å². The molecule has 1 aromatic rings. The molecule has 2 aliphatic heterocycles. The first-order valence-corrected chi connectivity index (χ1v) is 9.49. The number of carbonyl (C=O) groups is 3. The highest BCUT2D eigenvalue weighted by Crippen LogP contribution is 2.28. The molecule has 3 fully saturated rings. The van der Waals surface area contributed by atoms with Crippen LogP contribution in [0.4, 0.5) is 14.9 Å². The average Bonchev–Trinajstić information content (AvgIpc) is 3.32. The second kappa shape index (κ2) is 7.13. The van der Waals surface area contributed by atoms with Gasteiger partial charge in [0.05, 0.1) is 5.69 Å². The van der Waals surface area contributed by atoms with Crippen molar-refractivity contribution in [1.82, 2.24) is 10.2 Å². The molecule has 2 saturated heterocycles. The Morgan fingerprint density at radius 2 is 1.74 bits per heavy atom. The van der Waals surface area contributed by atoms with E-state index in [4.69, 9.17) is 0 Å². The van der Waals surface area contributed by atoms with Crippen LogP contribution in [0.15, 0.2) is 23.8 Å². The van der Waals surface area contributed by atoms with Gasteiger partial charge in [0.25, 0.3) is 11.8 Å². The molecule has 0 unspecified atom stereocenters. The van der Waals surface area contributed by atoms with E-state index in [0.717, 1.165) is 56.5 Å². The highest BCUT2D eigenvalue weighted by Gasteiger charge is 2.40. The minimum absolute atomic E-state index is 0.130. The second-order valence-electron chi connectivity index (χ2n) is 7.34. The van der Waals surface area contributed by atoms with E-state index in [-0.39, 0.29) is 17.4 Å². The van der Waals surface area contributed by atoms with Crippen molar-refractivity contribution < 1.29 is 18.8 Å². The number of rotatable bonds is 3. The van der Waals surface area contributed by atoms with E-state index >= 15 is 0 Å². The van der Waals surface area contributed by atoms with Crippen LogP contribution < -0.4 is 10.2 Å². The molecule has 1 saturated carbocycles. The average molecular weight is 371 g/mol. The minimum Gasteiger partial charge on any atom is -0.369 e. The molecule has 0 bridgehead atoms. The van der Waals surface area contributed by atoms with Gasteiger partial charge in [-0.2, -0.15) is 0 Å². The quantitative estimate of drug-likeness (QED) is 0.655. The van der Waals surface area contributed by atoms with E-state index in [1.807, 2.05) is 4.90 Å². The van der Waals surface area contributed by atoms with Crippen molar-refractivity contribution in [2.24, 2.45) is 0 Å². The summed E-state index contributed by atoms with van der Waals surface area (Å²) in [6.45, 7) is 1.66. The first-order chi connectivity index (χ1) is 13.0. The van der Waals surface area contributed by atoms with Gasteiger partial charge in [0.15, 0.2) is 0 Å². The molecule has 4 rings (SSSR count). The fourth-order valence-corrected chi connectivity index (χ4v) is 4.16. The second-order valence-corrected chi connectivity index (χ2v) is 7.34. The fourth-order valence-electron chi connectivity index (χ4n) is 4.16. The van der Waals surface area contributed by atoms with Crippen molar-refractivity contribution in [3.8, 4) is 0 Å². The number of anilines is 1. The smallest absolute Gasteiger partial charge is 0.331 e. The number of nitrogens with one attached hydrogen (secondary N) is 1. The SMILES string of the molecule is O=C1NC(=O)N(C2CCCC2)C(=O)/C1=C/c1ccc(N2CCCC2)c(F)c1. The fraction of sp³-hybridized carbons (Fsp3) is 0.450. The molecule has 1 aromatic carbocycles. The van der Waals surface area contributed by atoms with Gasteiger partial charge in [-0.15, -0.1) is 0 Å². The van der Waals surface area contributed by atoms with Crippen LogP contribution in [-0.4, -0.2) is 41.9 Å². The third-order valence-corrected chi connectivity index (χ3v) is 5.55. The van der Waals surface area contributed by atoms with Crippen molar-refractivity contribution in [3.05, 3.63) is 35.2 Å². The molecule has 0 aromatic heterocycles. The Balaban J connectivity index is 1.61. The predicted molar refractivity (Wildman–Crippen MR) is 98.5 cm³/mol. The van der Waals surface area contributed by atoms with Gasteiger partial charge in [-0.1, -0.05) is 18.9 Å². The lowest BCUT2D eigenvalue weighted by molar-refractivity contribution is -0.131. The predicted octanol–water partition coefficient (Wildman–Crippen LogP) is 2.83. The molecule has 3 aliphatic rings. The standard InChI is InChI=1S/C20H22FN3O3/c21-16-12-13(7-8-17(16)23-9-3-4-10-23)11-15-18(25)22-20(27)24(19(15)26)14-5-1-2-6-14/h7-8,11-12,14H,1-6,9-10H2,(H,22,25,27)/b15-11+. The largest absolute Gasteiger partial charge is 0.369 e. The molecule has 0 atom stereocenters. The van der Waals surface area contributed by atoms with E-state index in [1.165, 1.54) is 12.1 Å². The molecular weight excluding hydrogens is 349 g/mol. The van der Waals surface area contributed by atoms with Crippen molar-refractivity contribution in [3.63, 3.8) is 0 Å². The maximum Gasteiger partial charge on any atom is 0.331 e. The molecule has 142 valence electrons. The zero-order valence-corrected chi connectivity index (χ0v) is 15.0. The van der Waals surface area contributed by atoms with Gasteiger partial charge in [-0.3, -0.25) is 19.8 Å². The number of amides is 4. The number of urea groups is 1. The van der Waals surface area contributed by atoms with Crippen molar-refractivity contribution in [2.45, 2.75) is 44.6 Å². The van der Waals surface area contributed by atoms with Gasteiger partial charge >= 0.3 is 6.03 Å². The molecule has 1 N–H and O–H groups in total. The number of halogens is 1. The van der Waals surface area contributed by atoms with Gasteiger partial charge in [-0.25, -0.2) is 9.18 Å². The number of barbiturate groups is 1. The third-order valence-electron chi connectivity index (χ3n) is 5.55. The van der Waals surface area contributed by atoms with E-state index < -0.39 is 17.8 Å². The van der Waals surface area contributed by atoms with Crippen LogP contribution in [0.1, 0.15) is 44.1 Å². The first-order valence-electron chi connectivity index (χ1n) is 9.49. The summed E-state index contributed by atoms with van der Waals surface area (Å²) < 4.78 is 14.5. The summed E-state index contributed by atoms with van der Waals surface area (Å²) in [5, 5.41) is 2.23. The Labute approximate surface area is 157 Å². The van der Waals surface area contributed by atoms with Crippen LogP contribution in [0.25, 0.3) is 6.08 Å². The highest BCUT2D eigenvalue weighted by molar-refractivity contribution is 6.31. The number of hydrogen-bond acceptors (Lipinski definition) is 4. The first kappa shape index (κ1) is 17.7. The molecule has 4 amide bonds. The van der Waals surface area contributed by atoms with Gasteiger partial charge in [0.1, 0.15) is 11.4 Å². The lowest BCUT2D eigenvalue weighted by Crippen LogP contribution is -2.57. The van der Waals surface area contributed by atoms with E-state index in [0.29, 0.717) is 11.3 Å². The molecule has 27 heavy (non-hydrogen) atoms. The monoisotopic (exact) mass is 371 g/mol. The van der Waals surface area contributed by atoms with Crippen molar-refractivity contribution in [1.29, 1.82) is 0 Å². The Morgan fingerprint density at radius 1 is 1.04 bits per heavy atom. The van der Waals surface area contributed by atoms with Crippen LogP contribution in [0.2, 0.25) is 0 Å². The van der Waals surface area contributed by atoms with Crippen LogP contribution in [0.3, 0.4) is 0 Å². The van der Waals surface area contributed by atoms with E-state index in [9.17, 15) is 18.8 Å².